The van der Waals surface area contributed by atoms with Crippen molar-refractivity contribution in [2.24, 2.45) is 0 Å². The van der Waals surface area contributed by atoms with E-state index in [4.69, 9.17) is 11.1 Å². The summed E-state index contributed by atoms with van der Waals surface area (Å²) in [6.07, 6.45) is 4.23. The molecule has 0 bridgehead atoms. The minimum atomic E-state index is -0.806. The lowest BCUT2D eigenvalue weighted by molar-refractivity contribution is -0.131. The Morgan fingerprint density at radius 2 is 1.81 bits per heavy atom. The molecule has 6 nitrogen and oxygen atoms in total. The molecule has 32 heavy (non-hydrogen) atoms. The molecule has 1 saturated carbocycles. The number of hydrogen-bond donors (Lipinski definition) is 3. The SMILES string of the molecule is CN1C(=N)N[C@](C)(c2ccnc(-c3cccc(N)c3)c2)[C@@H](c2ccc(C3CC3)cc2)C1=O. The van der Waals surface area contributed by atoms with Crippen molar-refractivity contribution in [3.63, 3.8) is 0 Å². The van der Waals surface area contributed by atoms with Crippen molar-refractivity contribution in [2.45, 2.75) is 37.1 Å². The molecule has 2 atom stereocenters. The average molecular weight is 426 g/mol. The average Bonchev–Trinajstić information content (AvgIpc) is 3.64. The van der Waals surface area contributed by atoms with Crippen molar-refractivity contribution < 1.29 is 4.79 Å². The Morgan fingerprint density at radius 3 is 2.50 bits per heavy atom. The van der Waals surface area contributed by atoms with Gasteiger partial charge in [0, 0.05) is 24.5 Å². The maximum Gasteiger partial charge on any atom is 0.239 e. The van der Waals surface area contributed by atoms with Crippen LogP contribution in [0.15, 0.2) is 66.9 Å². The zero-order valence-electron chi connectivity index (χ0n) is 18.3. The Hall–Kier alpha value is -3.67. The van der Waals surface area contributed by atoms with Gasteiger partial charge in [-0.2, -0.15) is 0 Å². The van der Waals surface area contributed by atoms with Gasteiger partial charge in [-0.25, -0.2) is 0 Å². The number of aromatic nitrogens is 1. The van der Waals surface area contributed by atoms with Crippen LogP contribution in [0.4, 0.5) is 5.69 Å². The Kier molecular flexibility index (Phi) is 4.73. The number of amides is 1. The van der Waals surface area contributed by atoms with Crippen LogP contribution in [0.3, 0.4) is 0 Å². The topological polar surface area (TPSA) is 95.1 Å². The summed E-state index contributed by atoms with van der Waals surface area (Å²) < 4.78 is 0. The maximum atomic E-state index is 13.5. The summed E-state index contributed by atoms with van der Waals surface area (Å²) in [6, 6.07) is 19.9. The van der Waals surface area contributed by atoms with Crippen molar-refractivity contribution >= 4 is 17.6 Å². The third-order valence-electron chi connectivity index (χ3n) is 6.73. The Labute approximate surface area is 188 Å². The molecule has 6 heteroatoms. The number of nitrogen functional groups attached to an aromatic ring is 1. The van der Waals surface area contributed by atoms with Crippen molar-refractivity contribution in [3.8, 4) is 11.3 Å². The Bertz CT molecular complexity index is 1200. The fourth-order valence-electron chi connectivity index (χ4n) is 4.65. The molecule has 1 aliphatic carbocycles. The van der Waals surface area contributed by atoms with E-state index in [9.17, 15) is 4.79 Å². The van der Waals surface area contributed by atoms with E-state index in [-0.39, 0.29) is 11.9 Å². The lowest BCUT2D eigenvalue weighted by Crippen LogP contribution is -2.62. The van der Waals surface area contributed by atoms with Crippen LogP contribution in [-0.4, -0.2) is 28.8 Å². The molecular formula is C26H27N5O. The first-order chi connectivity index (χ1) is 15.4. The number of likely N-dealkylation sites (N-methyl/N-ethyl adjacent to an activating group) is 1. The molecular weight excluding hydrogens is 398 g/mol. The van der Waals surface area contributed by atoms with E-state index in [2.05, 4.69) is 34.6 Å². The second kappa shape index (κ2) is 7.48. The number of carbonyl (C=O) groups excluding carboxylic acids is 1. The Morgan fingerprint density at radius 1 is 1.09 bits per heavy atom. The molecule has 2 heterocycles. The van der Waals surface area contributed by atoms with Gasteiger partial charge in [0.05, 0.1) is 17.2 Å². The first kappa shape index (κ1) is 20.2. The minimum Gasteiger partial charge on any atom is -0.399 e. The number of hydrogen-bond acceptors (Lipinski definition) is 4. The van der Waals surface area contributed by atoms with Gasteiger partial charge in [-0.05, 0) is 66.6 Å². The van der Waals surface area contributed by atoms with Crippen LogP contribution in [0.5, 0.6) is 0 Å². The van der Waals surface area contributed by atoms with E-state index in [1.807, 2.05) is 43.3 Å². The molecule has 0 radical (unpaired) electrons. The van der Waals surface area contributed by atoms with E-state index >= 15 is 0 Å². The second-order valence-corrected chi connectivity index (χ2v) is 9.00. The highest BCUT2D eigenvalue weighted by molar-refractivity contribution is 6.02. The predicted octanol–water partition coefficient (Wildman–Crippen LogP) is 4.20. The fourth-order valence-corrected chi connectivity index (χ4v) is 4.65. The van der Waals surface area contributed by atoms with Gasteiger partial charge in [-0.1, -0.05) is 36.4 Å². The van der Waals surface area contributed by atoms with Gasteiger partial charge in [0.25, 0.3) is 0 Å². The van der Waals surface area contributed by atoms with Gasteiger partial charge in [-0.15, -0.1) is 0 Å². The first-order valence-corrected chi connectivity index (χ1v) is 10.9. The molecule has 1 amide bonds. The quantitative estimate of drug-likeness (QED) is 0.546. The fraction of sp³-hybridized carbons (Fsp3) is 0.269. The number of nitrogens with one attached hydrogen (secondary N) is 2. The third-order valence-corrected chi connectivity index (χ3v) is 6.73. The van der Waals surface area contributed by atoms with Crippen molar-refractivity contribution in [2.75, 3.05) is 12.8 Å². The predicted molar refractivity (Wildman–Crippen MR) is 126 cm³/mol. The number of nitrogens with zero attached hydrogens (tertiary/aromatic N) is 2. The number of rotatable bonds is 4. The molecule has 0 spiro atoms. The molecule has 5 rings (SSSR count). The molecule has 0 unspecified atom stereocenters. The summed E-state index contributed by atoms with van der Waals surface area (Å²) in [7, 11) is 1.65. The molecule has 2 aromatic carbocycles. The van der Waals surface area contributed by atoms with Gasteiger partial charge in [0.15, 0.2) is 5.96 Å². The minimum absolute atomic E-state index is 0.0886. The third kappa shape index (κ3) is 3.42. The standard InChI is InChI=1S/C26H27N5O/c1-26(20-12-13-29-22(15-20)19-4-3-5-21(27)14-19)23(24(32)31(2)25(28)30-26)18-10-8-17(9-11-18)16-6-7-16/h3-5,8-16,23H,6-7,27H2,1-2H3,(H2,28,30)/t23-,26+/m0/s1. The highest BCUT2D eigenvalue weighted by Crippen LogP contribution is 2.44. The lowest BCUT2D eigenvalue weighted by atomic mass is 9.73. The summed E-state index contributed by atoms with van der Waals surface area (Å²) in [4.78, 5) is 19.4. The van der Waals surface area contributed by atoms with Crippen molar-refractivity contribution in [1.82, 2.24) is 15.2 Å². The van der Waals surface area contributed by atoms with Crippen LogP contribution in [0.2, 0.25) is 0 Å². The van der Waals surface area contributed by atoms with Gasteiger partial charge in [-0.3, -0.25) is 20.1 Å². The zero-order chi connectivity index (χ0) is 22.5. The highest BCUT2D eigenvalue weighted by Gasteiger charge is 2.48. The molecule has 2 fully saturated rings. The van der Waals surface area contributed by atoms with E-state index in [1.54, 1.807) is 13.2 Å². The Balaban J connectivity index is 1.59. The van der Waals surface area contributed by atoms with Gasteiger partial charge in [0.2, 0.25) is 5.91 Å². The van der Waals surface area contributed by atoms with Crippen LogP contribution in [-0.2, 0) is 10.3 Å². The monoisotopic (exact) mass is 425 g/mol. The van der Waals surface area contributed by atoms with Crippen LogP contribution in [0, 0.1) is 5.41 Å². The summed E-state index contributed by atoms with van der Waals surface area (Å²) in [5.74, 6) is 0.168. The number of anilines is 1. The van der Waals surface area contributed by atoms with Gasteiger partial charge < -0.3 is 11.1 Å². The normalized spacial score (nSPS) is 23.2. The number of guanidine groups is 1. The second-order valence-electron chi connectivity index (χ2n) is 9.00. The van der Waals surface area contributed by atoms with Crippen molar-refractivity contribution in [1.29, 1.82) is 5.41 Å². The highest BCUT2D eigenvalue weighted by atomic mass is 16.2. The molecule has 1 aromatic heterocycles. The number of pyridine rings is 1. The van der Waals surface area contributed by atoms with Crippen LogP contribution in [0.1, 0.15) is 48.3 Å². The molecule has 3 aromatic rings. The van der Waals surface area contributed by atoms with E-state index in [1.165, 1.54) is 23.3 Å². The molecule has 162 valence electrons. The van der Waals surface area contributed by atoms with Crippen LogP contribution < -0.4 is 11.1 Å². The van der Waals surface area contributed by atoms with Gasteiger partial charge >= 0.3 is 0 Å². The molecule has 4 N–H and O–H groups in total. The maximum absolute atomic E-state index is 13.5. The first-order valence-electron chi connectivity index (χ1n) is 10.9. The summed E-state index contributed by atoms with van der Waals surface area (Å²) >= 11 is 0. The van der Waals surface area contributed by atoms with E-state index in [0.29, 0.717) is 11.6 Å². The molecule has 1 saturated heterocycles. The van der Waals surface area contributed by atoms with E-state index in [0.717, 1.165) is 22.4 Å². The van der Waals surface area contributed by atoms with Crippen molar-refractivity contribution in [3.05, 3.63) is 83.6 Å². The van der Waals surface area contributed by atoms with Crippen LogP contribution in [0.25, 0.3) is 11.3 Å². The number of nitrogens with two attached hydrogens (primary N) is 1. The zero-order valence-corrected chi connectivity index (χ0v) is 18.3. The smallest absolute Gasteiger partial charge is 0.239 e. The largest absolute Gasteiger partial charge is 0.399 e. The van der Waals surface area contributed by atoms with Gasteiger partial charge in [0.1, 0.15) is 0 Å². The number of benzene rings is 2. The lowest BCUT2D eigenvalue weighted by Gasteiger charge is -2.46. The van der Waals surface area contributed by atoms with E-state index < -0.39 is 11.5 Å². The summed E-state index contributed by atoms with van der Waals surface area (Å²) in [5, 5.41) is 11.7. The van der Waals surface area contributed by atoms with Crippen LogP contribution >= 0.6 is 0 Å². The number of carbonyl (C=O) groups is 1. The molecule has 2 aliphatic rings. The molecule has 1 aliphatic heterocycles. The summed E-state index contributed by atoms with van der Waals surface area (Å²) in [5.41, 5.74) is 10.7. The summed E-state index contributed by atoms with van der Waals surface area (Å²) in [6.45, 7) is 1.99.